The number of aromatic nitrogens is 4. The van der Waals surface area contributed by atoms with E-state index in [9.17, 15) is 14.7 Å². The maximum atomic E-state index is 13.3. The third-order valence-electron chi connectivity index (χ3n) is 7.85. The first-order chi connectivity index (χ1) is 23.1. The third kappa shape index (κ3) is 11.1. The normalized spacial score (nSPS) is 14.7. The van der Waals surface area contributed by atoms with E-state index in [1.54, 1.807) is 0 Å². The van der Waals surface area contributed by atoms with Gasteiger partial charge >= 0.3 is 5.97 Å². The zero-order chi connectivity index (χ0) is 32.7. The first kappa shape index (κ1) is 34.5. The smallest absolute Gasteiger partial charge is 0.307 e. The van der Waals surface area contributed by atoms with E-state index in [0.29, 0.717) is 31.4 Å². The maximum absolute atomic E-state index is 13.3. The lowest BCUT2D eigenvalue weighted by molar-refractivity contribution is -0.145. The molecule has 0 spiro atoms. The van der Waals surface area contributed by atoms with Gasteiger partial charge in [0.1, 0.15) is 16.6 Å². The number of ether oxygens (including phenoxy) is 2. The quantitative estimate of drug-likeness (QED) is 0.103. The number of unbranched alkanes of at least 4 members (excludes halogenated alkanes) is 1. The number of carbonyl (C=O) groups excluding carboxylic acids is 2. The standard InChI is InChI=1S/C33H41N7O5S2/c41-22-26(24-9-3-1-4-10-24)21-34-32-38-36-28(46-32)13-7-8-14-29-37-39-33(47-29)35-31(43)27(25-11-5-2-6-12-25)23-45-30(42)15-16-40-17-19-44-20-18-40/h1-6,9-12,26-27,41H,7-8,13-23H2,(H,34,38)(H,35,39,43). The number of carbonyl (C=O) groups is 2. The molecule has 1 amide bonds. The Kier molecular flexibility index (Phi) is 13.6. The zero-order valence-electron chi connectivity index (χ0n) is 26.3. The highest BCUT2D eigenvalue weighted by molar-refractivity contribution is 7.15. The van der Waals surface area contributed by atoms with Gasteiger partial charge in [-0.05, 0) is 24.0 Å². The number of aliphatic hydroxyl groups excluding tert-OH is 1. The summed E-state index contributed by atoms with van der Waals surface area (Å²) in [7, 11) is 0. The number of hydrogen-bond acceptors (Lipinski definition) is 13. The fraction of sp³-hybridized carbons (Fsp3) is 0.455. The Morgan fingerprint density at radius 1 is 0.872 bits per heavy atom. The van der Waals surface area contributed by atoms with Crippen LogP contribution in [-0.4, -0.2) is 94.9 Å². The summed E-state index contributed by atoms with van der Waals surface area (Å²) in [6, 6.07) is 19.2. The second-order valence-corrected chi connectivity index (χ2v) is 13.3. The van der Waals surface area contributed by atoms with Crippen molar-refractivity contribution in [3.63, 3.8) is 0 Å². The molecule has 2 unspecified atom stereocenters. The van der Waals surface area contributed by atoms with Crippen LogP contribution in [0.5, 0.6) is 0 Å². The number of nitrogens with one attached hydrogen (secondary N) is 2. The first-order valence-corrected chi connectivity index (χ1v) is 17.6. The topological polar surface area (TPSA) is 152 Å². The molecule has 1 aliphatic rings. The predicted octanol–water partition coefficient (Wildman–Crippen LogP) is 4.13. The average molecular weight is 680 g/mol. The highest BCUT2D eigenvalue weighted by Gasteiger charge is 2.24. The Bertz CT molecular complexity index is 1520. The zero-order valence-corrected chi connectivity index (χ0v) is 27.9. The summed E-state index contributed by atoms with van der Waals surface area (Å²) >= 11 is 2.88. The second kappa shape index (κ2) is 18.5. The van der Waals surface area contributed by atoms with Gasteiger partial charge in [-0.2, -0.15) is 0 Å². The predicted molar refractivity (Wildman–Crippen MR) is 182 cm³/mol. The SMILES string of the molecule is O=C(CCN1CCOCC1)OCC(C(=O)Nc1nnc(CCCCc2nnc(NCC(CO)c3ccccc3)s2)s1)c1ccccc1. The first-order valence-electron chi connectivity index (χ1n) is 15.9. The van der Waals surface area contributed by atoms with Gasteiger partial charge in [0.15, 0.2) is 0 Å². The minimum Gasteiger partial charge on any atom is -0.464 e. The van der Waals surface area contributed by atoms with Crippen LogP contribution in [0.1, 0.15) is 52.2 Å². The van der Waals surface area contributed by atoms with Crippen molar-refractivity contribution < 1.29 is 24.2 Å². The molecule has 250 valence electrons. The van der Waals surface area contributed by atoms with Gasteiger partial charge in [0, 0.05) is 44.9 Å². The number of aliphatic hydroxyl groups is 1. The van der Waals surface area contributed by atoms with E-state index < -0.39 is 5.92 Å². The summed E-state index contributed by atoms with van der Waals surface area (Å²) in [4.78, 5) is 28.0. The lowest BCUT2D eigenvalue weighted by Crippen LogP contribution is -2.37. The molecule has 12 nitrogen and oxygen atoms in total. The largest absolute Gasteiger partial charge is 0.464 e. The van der Waals surface area contributed by atoms with E-state index in [4.69, 9.17) is 9.47 Å². The van der Waals surface area contributed by atoms with Crippen LogP contribution in [0.4, 0.5) is 10.3 Å². The van der Waals surface area contributed by atoms with Crippen LogP contribution in [0.25, 0.3) is 0 Å². The summed E-state index contributed by atoms with van der Waals surface area (Å²) < 4.78 is 10.9. The van der Waals surface area contributed by atoms with Gasteiger partial charge < -0.3 is 19.9 Å². The molecule has 0 saturated carbocycles. The van der Waals surface area contributed by atoms with Gasteiger partial charge in [-0.15, -0.1) is 20.4 Å². The fourth-order valence-corrected chi connectivity index (χ4v) is 6.70. The van der Waals surface area contributed by atoms with Crippen LogP contribution >= 0.6 is 22.7 Å². The van der Waals surface area contributed by atoms with Crippen LogP contribution in [-0.2, 0) is 31.9 Å². The molecule has 4 aromatic rings. The van der Waals surface area contributed by atoms with E-state index in [1.807, 2.05) is 60.7 Å². The van der Waals surface area contributed by atoms with Gasteiger partial charge in [0.25, 0.3) is 0 Å². The molecule has 1 fully saturated rings. The molecule has 2 aromatic heterocycles. The molecule has 2 atom stereocenters. The molecular weight excluding hydrogens is 639 g/mol. The van der Waals surface area contributed by atoms with Gasteiger partial charge in [-0.1, -0.05) is 83.3 Å². The highest BCUT2D eigenvalue weighted by atomic mass is 32.1. The summed E-state index contributed by atoms with van der Waals surface area (Å²) in [5.41, 5.74) is 1.84. The van der Waals surface area contributed by atoms with Crippen LogP contribution in [0.15, 0.2) is 60.7 Å². The van der Waals surface area contributed by atoms with Crippen LogP contribution in [0, 0.1) is 0 Å². The molecule has 5 rings (SSSR count). The van der Waals surface area contributed by atoms with E-state index in [-0.39, 0.29) is 37.4 Å². The van der Waals surface area contributed by atoms with Gasteiger partial charge in [-0.25, -0.2) is 0 Å². The lowest BCUT2D eigenvalue weighted by Gasteiger charge is -2.26. The van der Waals surface area contributed by atoms with Crippen LogP contribution in [0.2, 0.25) is 0 Å². The summed E-state index contributed by atoms with van der Waals surface area (Å²) in [5.74, 6) is -1.31. The van der Waals surface area contributed by atoms with E-state index in [1.165, 1.54) is 22.7 Å². The number of esters is 1. The molecule has 1 aliphatic heterocycles. The number of anilines is 2. The molecule has 1 saturated heterocycles. The lowest BCUT2D eigenvalue weighted by atomic mass is 9.99. The highest BCUT2D eigenvalue weighted by Crippen LogP contribution is 2.24. The molecule has 0 aliphatic carbocycles. The number of nitrogens with zero attached hydrogens (tertiary/aromatic N) is 5. The number of benzene rings is 2. The molecule has 14 heteroatoms. The van der Waals surface area contributed by atoms with Crippen molar-refractivity contribution in [2.45, 2.75) is 43.9 Å². The molecular formula is C33H41N7O5S2. The monoisotopic (exact) mass is 679 g/mol. The van der Waals surface area contributed by atoms with Gasteiger partial charge in [0.2, 0.25) is 16.2 Å². The van der Waals surface area contributed by atoms with Crippen molar-refractivity contribution in [2.75, 3.05) is 63.2 Å². The molecule has 3 N–H and O–H groups in total. The van der Waals surface area contributed by atoms with Gasteiger partial charge in [-0.3, -0.25) is 19.8 Å². The maximum Gasteiger partial charge on any atom is 0.307 e. The summed E-state index contributed by atoms with van der Waals surface area (Å²) in [5, 5.41) is 35.9. The molecule has 2 aromatic carbocycles. The Balaban J connectivity index is 1.04. The Morgan fingerprint density at radius 3 is 2.15 bits per heavy atom. The summed E-state index contributed by atoms with van der Waals surface area (Å²) in [6.45, 7) is 4.14. The third-order valence-corrected chi connectivity index (χ3v) is 9.69. The van der Waals surface area contributed by atoms with Crippen LogP contribution < -0.4 is 10.6 Å². The van der Waals surface area contributed by atoms with E-state index in [2.05, 4.69) is 35.9 Å². The van der Waals surface area contributed by atoms with E-state index in [0.717, 1.165) is 65.0 Å². The van der Waals surface area contributed by atoms with Crippen molar-refractivity contribution in [1.29, 1.82) is 0 Å². The molecule has 0 radical (unpaired) electrons. The number of rotatable bonds is 18. The van der Waals surface area contributed by atoms with Crippen molar-refractivity contribution in [3.05, 3.63) is 81.8 Å². The molecule has 3 heterocycles. The molecule has 0 bridgehead atoms. The number of amides is 1. The summed E-state index contributed by atoms with van der Waals surface area (Å²) in [6.07, 6.45) is 3.59. The average Bonchev–Trinajstić information content (AvgIpc) is 3.76. The number of morpholine rings is 1. The van der Waals surface area contributed by atoms with Gasteiger partial charge in [0.05, 0.1) is 32.2 Å². The Labute approximate surface area is 282 Å². The Morgan fingerprint density at radius 2 is 1.49 bits per heavy atom. The number of aryl methyl sites for hydroxylation is 2. The minimum absolute atomic E-state index is 0.0114. The second-order valence-electron chi connectivity index (χ2n) is 11.2. The minimum atomic E-state index is -0.671. The van der Waals surface area contributed by atoms with Crippen molar-refractivity contribution in [1.82, 2.24) is 25.3 Å². The molecule has 47 heavy (non-hydrogen) atoms. The fourth-order valence-electron chi connectivity index (χ4n) is 5.13. The van der Waals surface area contributed by atoms with Crippen molar-refractivity contribution >= 4 is 44.8 Å². The number of hydrogen-bond donors (Lipinski definition) is 3. The van der Waals surface area contributed by atoms with Crippen molar-refractivity contribution in [2.24, 2.45) is 0 Å². The van der Waals surface area contributed by atoms with Crippen LogP contribution in [0.3, 0.4) is 0 Å². The van der Waals surface area contributed by atoms with E-state index >= 15 is 0 Å². The Hall–Kier alpha value is -3.82. The van der Waals surface area contributed by atoms with Crippen molar-refractivity contribution in [3.8, 4) is 0 Å².